The van der Waals surface area contributed by atoms with Crippen molar-refractivity contribution in [3.63, 3.8) is 0 Å². The van der Waals surface area contributed by atoms with E-state index >= 15 is 0 Å². The van der Waals surface area contributed by atoms with E-state index in [0.29, 0.717) is 24.4 Å². The number of hydrogen-bond donors (Lipinski definition) is 1. The highest BCUT2D eigenvalue weighted by Crippen LogP contribution is 2.37. The number of carbonyl (C=O) groups is 2. The number of carbonyl (C=O) groups excluding carboxylic acids is 2. The maximum Gasteiger partial charge on any atom is 0.302 e. The molecule has 0 heterocycles. The molecule has 3 unspecified atom stereocenters. The molecule has 1 fully saturated rings. The number of amides is 1. The van der Waals surface area contributed by atoms with Gasteiger partial charge in [0.2, 0.25) is 5.91 Å². The van der Waals surface area contributed by atoms with Gasteiger partial charge in [-0.2, -0.15) is 0 Å². The van der Waals surface area contributed by atoms with Gasteiger partial charge in [-0.15, -0.1) is 0 Å². The average Bonchev–Trinajstić information content (AvgIpc) is 2.28. The first kappa shape index (κ1) is 17.9. The zero-order valence-corrected chi connectivity index (χ0v) is 12.9. The van der Waals surface area contributed by atoms with Crippen molar-refractivity contribution in [2.45, 2.75) is 53.9 Å². The molecule has 0 aliphatic heterocycles. The molecule has 1 amide bonds. The van der Waals surface area contributed by atoms with Crippen molar-refractivity contribution in [3.05, 3.63) is 0 Å². The summed E-state index contributed by atoms with van der Waals surface area (Å²) < 4.78 is 4.40. The molecular weight excluding hydrogens is 242 g/mol. The molecule has 0 bridgehead atoms. The molecule has 1 saturated carbocycles. The Morgan fingerprint density at radius 2 is 1.89 bits per heavy atom. The maximum absolute atomic E-state index is 11.2. The molecule has 19 heavy (non-hydrogen) atoms. The van der Waals surface area contributed by atoms with Crippen molar-refractivity contribution in [3.8, 4) is 0 Å². The van der Waals surface area contributed by atoms with E-state index in [1.165, 1.54) is 19.8 Å². The smallest absolute Gasteiger partial charge is 0.302 e. The Morgan fingerprint density at radius 3 is 2.21 bits per heavy atom. The fourth-order valence-electron chi connectivity index (χ4n) is 2.73. The zero-order valence-electron chi connectivity index (χ0n) is 12.9. The quantitative estimate of drug-likeness (QED) is 0.802. The lowest BCUT2D eigenvalue weighted by atomic mass is 9.70. The molecule has 0 aromatic heterocycles. The highest BCUT2D eigenvalue weighted by atomic mass is 16.5. The third-order valence-corrected chi connectivity index (χ3v) is 3.74. The van der Waals surface area contributed by atoms with Crippen LogP contribution in [0.15, 0.2) is 0 Å². The van der Waals surface area contributed by atoms with Crippen molar-refractivity contribution in [2.24, 2.45) is 29.4 Å². The van der Waals surface area contributed by atoms with Gasteiger partial charge in [-0.3, -0.25) is 9.59 Å². The van der Waals surface area contributed by atoms with Gasteiger partial charge in [0.25, 0.3) is 0 Å². The topological polar surface area (TPSA) is 69.4 Å². The van der Waals surface area contributed by atoms with Gasteiger partial charge in [-0.1, -0.05) is 27.2 Å². The van der Waals surface area contributed by atoms with Gasteiger partial charge in [0.1, 0.15) is 0 Å². The number of ether oxygens (including phenoxy) is 1. The van der Waals surface area contributed by atoms with Crippen molar-refractivity contribution in [1.82, 2.24) is 0 Å². The van der Waals surface area contributed by atoms with Gasteiger partial charge in [0.15, 0.2) is 0 Å². The summed E-state index contributed by atoms with van der Waals surface area (Å²) in [7, 11) is 0. The van der Waals surface area contributed by atoms with Crippen molar-refractivity contribution >= 4 is 11.9 Å². The summed E-state index contributed by atoms with van der Waals surface area (Å²) in [4.78, 5) is 21.1. The molecule has 0 radical (unpaired) electrons. The predicted molar refractivity (Wildman–Crippen MR) is 76.3 cm³/mol. The molecule has 4 heteroatoms. The molecule has 1 aliphatic carbocycles. The van der Waals surface area contributed by atoms with Gasteiger partial charge in [-0.25, -0.2) is 0 Å². The summed E-state index contributed by atoms with van der Waals surface area (Å²) in [6.45, 7) is 10.2. The van der Waals surface area contributed by atoms with Crippen LogP contribution in [-0.4, -0.2) is 18.5 Å². The summed E-state index contributed by atoms with van der Waals surface area (Å²) in [5.74, 6) is 1.61. The fraction of sp³-hybridized carbons (Fsp3) is 0.867. The first-order valence-electron chi connectivity index (χ1n) is 7.22. The van der Waals surface area contributed by atoms with E-state index < -0.39 is 0 Å². The van der Waals surface area contributed by atoms with Crippen LogP contribution in [0.25, 0.3) is 0 Å². The Bertz CT molecular complexity index is 289. The lowest BCUT2D eigenvalue weighted by Gasteiger charge is -2.35. The second-order valence-corrected chi connectivity index (χ2v) is 5.76. The number of nitrogens with two attached hydrogens (primary N) is 1. The highest BCUT2D eigenvalue weighted by Gasteiger charge is 2.33. The fourth-order valence-corrected chi connectivity index (χ4v) is 2.73. The normalized spacial score (nSPS) is 26.3. The number of hydrogen-bond acceptors (Lipinski definition) is 3. The third-order valence-electron chi connectivity index (χ3n) is 3.74. The van der Waals surface area contributed by atoms with Crippen molar-refractivity contribution in [2.75, 3.05) is 6.61 Å². The summed E-state index contributed by atoms with van der Waals surface area (Å²) in [5.41, 5.74) is 5.42. The van der Waals surface area contributed by atoms with Gasteiger partial charge >= 0.3 is 5.97 Å². The monoisotopic (exact) mass is 271 g/mol. The van der Waals surface area contributed by atoms with Crippen LogP contribution in [0.3, 0.4) is 0 Å². The van der Waals surface area contributed by atoms with Crippen LogP contribution in [0.2, 0.25) is 0 Å². The molecule has 2 N–H and O–H groups in total. The predicted octanol–water partition coefficient (Wildman–Crippen LogP) is 2.75. The van der Waals surface area contributed by atoms with E-state index in [4.69, 9.17) is 5.73 Å². The minimum Gasteiger partial charge on any atom is -0.466 e. The SMILES string of the molecule is CC1CCC(C(C)C)C(C(N)=O)C1.CCOC(C)=O. The van der Waals surface area contributed by atoms with E-state index in [1.54, 1.807) is 6.92 Å². The molecule has 0 spiro atoms. The molecule has 0 saturated heterocycles. The van der Waals surface area contributed by atoms with Gasteiger partial charge in [0.05, 0.1) is 6.61 Å². The van der Waals surface area contributed by atoms with Crippen LogP contribution in [0, 0.1) is 23.7 Å². The maximum atomic E-state index is 11.2. The first-order valence-corrected chi connectivity index (χ1v) is 7.22. The zero-order chi connectivity index (χ0) is 15.0. The van der Waals surface area contributed by atoms with Crippen molar-refractivity contribution < 1.29 is 14.3 Å². The molecule has 0 aromatic rings. The van der Waals surface area contributed by atoms with Gasteiger partial charge < -0.3 is 10.5 Å². The molecule has 3 atom stereocenters. The minimum atomic E-state index is -0.211. The second-order valence-electron chi connectivity index (χ2n) is 5.76. The lowest BCUT2D eigenvalue weighted by Crippen LogP contribution is -2.37. The Hall–Kier alpha value is -1.06. The number of primary amides is 1. The first-order chi connectivity index (χ1) is 8.79. The largest absolute Gasteiger partial charge is 0.466 e. The van der Waals surface area contributed by atoms with Crippen LogP contribution in [0.5, 0.6) is 0 Å². The number of esters is 1. The van der Waals surface area contributed by atoms with Crippen LogP contribution < -0.4 is 5.73 Å². The van der Waals surface area contributed by atoms with E-state index in [9.17, 15) is 9.59 Å². The van der Waals surface area contributed by atoms with Crippen molar-refractivity contribution in [1.29, 1.82) is 0 Å². The third kappa shape index (κ3) is 7.19. The Morgan fingerprint density at radius 1 is 1.32 bits per heavy atom. The molecule has 1 rings (SSSR count). The van der Waals surface area contributed by atoms with E-state index in [1.807, 2.05) is 0 Å². The summed E-state index contributed by atoms with van der Waals surface area (Å²) >= 11 is 0. The highest BCUT2D eigenvalue weighted by molar-refractivity contribution is 5.77. The molecular formula is C15H29NO3. The minimum absolute atomic E-state index is 0.0924. The van der Waals surface area contributed by atoms with Crippen LogP contribution in [-0.2, 0) is 14.3 Å². The molecule has 0 aromatic carbocycles. The summed E-state index contributed by atoms with van der Waals surface area (Å²) in [5, 5.41) is 0. The standard InChI is InChI=1S/C11H21NO.C4H8O2/c1-7(2)9-5-4-8(3)6-10(9)11(12)13;1-3-6-4(2)5/h7-10H,4-6H2,1-3H3,(H2,12,13);3H2,1-2H3. The Balaban J connectivity index is 0.000000459. The average molecular weight is 271 g/mol. The van der Waals surface area contributed by atoms with E-state index in [2.05, 4.69) is 25.5 Å². The Labute approximate surface area is 117 Å². The summed E-state index contributed by atoms with van der Waals surface area (Å²) in [6.07, 6.45) is 3.43. The Kier molecular flexibility index (Phi) is 8.44. The van der Waals surface area contributed by atoms with E-state index in [0.717, 1.165) is 6.42 Å². The van der Waals surface area contributed by atoms with E-state index in [-0.39, 0.29) is 17.8 Å². The van der Waals surface area contributed by atoms with Crippen LogP contribution in [0.4, 0.5) is 0 Å². The lowest BCUT2D eigenvalue weighted by molar-refractivity contribution is -0.140. The van der Waals surface area contributed by atoms with Gasteiger partial charge in [0, 0.05) is 12.8 Å². The number of rotatable bonds is 3. The second kappa shape index (κ2) is 8.94. The molecule has 112 valence electrons. The van der Waals surface area contributed by atoms with Crippen LogP contribution >= 0.6 is 0 Å². The summed E-state index contributed by atoms with van der Waals surface area (Å²) in [6, 6.07) is 0. The van der Waals surface area contributed by atoms with Gasteiger partial charge in [-0.05, 0) is 37.5 Å². The molecule has 1 aliphatic rings. The molecule has 4 nitrogen and oxygen atoms in total. The van der Waals surface area contributed by atoms with Crippen LogP contribution in [0.1, 0.15) is 53.9 Å².